The zero-order valence-electron chi connectivity index (χ0n) is 9.55. The van der Waals surface area contributed by atoms with Crippen LogP contribution in [0.5, 0.6) is 0 Å². The molecule has 0 spiro atoms. The third-order valence-electron chi connectivity index (χ3n) is 2.64. The highest BCUT2D eigenvalue weighted by atomic mass is 35.5. The SMILES string of the molecule is Cn1cnc(C(=O)c2cc3cc(Cl)ccc3o2)c1. The van der Waals surface area contributed by atoms with Crippen molar-refractivity contribution < 1.29 is 9.21 Å². The summed E-state index contributed by atoms with van der Waals surface area (Å²) in [5.74, 6) is 0.0360. The van der Waals surface area contributed by atoms with Gasteiger partial charge in [0.2, 0.25) is 5.78 Å². The maximum atomic E-state index is 12.1. The number of rotatable bonds is 2. The molecule has 0 unspecified atom stereocenters. The average Bonchev–Trinajstić information content (AvgIpc) is 2.93. The highest BCUT2D eigenvalue weighted by molar-refractivity contribution is 6.31. The third-order valence-corrected chi connectivity index (χ3v) is 2.87. The van der Waals surface area contributed by atoms with Gasteiger partial charge in [-0.25, -0.2) is 4.98 Å². The molecule has 90 valence electrons. The first kappa shape index (κ1) is 11.0. The summed E-state index contributed by atoms with van der Waals surface area (Å²) >= 11 is 5.89. The summed E-state index contributed by atoms with van der Waals surface area (Å²) in [4.78, 5) is 16.1. The Morgan fingerprint density at radius 1 is 1.39 bits per heavy atom. The maximum Gasteiger partial charge on any atom is 0.248 e. The summed E-state index contributed by atoms with van der Waals surface area (Å²) in [6, 6.07) is 6.91. The van der Waals surface area contributed by atoms with Crippen molar-refractivity contribution in [2.45, 2.75) is 0 Å². The highest BCUT2D eigenvalue weighted by Crippen LogP contribution is 2.24. The van der Waals surface area contributed by atoms with E-state index in [1.807, 2.05) is 7.05 Å². The van der Waals surface area contributed by atoms with Gasteiger partial charge in [-0.05, 0) is 24.3 Å². The number of imidazole rings is 1. The van der Waals surface area contributed by atoms with Gasteiger partial charge in [-0.15, -0.1) is 0 Å². The Labute approximate surface area is 108 Å². The van der Waals surface area contributed by atoms with Crippen LogP contribution >= 0.6 is 11.6 Å². The molecule has 0 aliphatic carbocycles. The van der Waals surface area contributed by atoms with Crippen LogP contribution in [0.4, 0.5) is 0 Å². The van der Waals surface area contributed by atoms with E-state index in [2.05, 4.69) is 4.98 Å². The fourth-order valence-electron chi connectivity index (χ4n) is 1.78. The average molecular weight is 261 g/mol. The van der Waals surface area contributed by atoms with Crippen molar-refractivity contribution in [3.8, 4) is 0 Å². The molecule has 1 aromatic carbocycles. The number of hydrogen-bond donors (Lipinski definition) is 0. The van der Waals surface area contributed by atoms with Crippen LogP contribution in [0.3, 0.4) is 0 Å². The van der Waals surface area contributed by atoms with E-state index in [-0.39, 0.29) is 11.5 Å². The Hall–Kier alpha value is -2.07. The monoisotopic (exact) mass is 260 g/mol. The quantitative estimate of drug-likeness (QED) is 0.666. The lowest BCUT2D eigenvalue weighted by Gasteiger charge is -1.90. The lowest BCUT2D eigenvalue weighted by atomic mass is 10.2. The molecule has 0 aliphatic heterocycles. The van der Waals surface area contributed by atoms with Crippen molar-refractivity contribution >= 4 is 28.4 Å². The number of carbonyl (C=O) groups excluding carboxylic acids is 1. The van der Waals surface area contributed by atoms with Gasteiger partial charge >= 0.3 is 0 Å². The minimum Gasteiger partial charge on any atom is -0.453 e. The zero-order valence-corrected chi connectivity index (χ0v) is 10.3. The van der Waals surface area contributed by atoms with E-state index in [9.17, 15) is 4.79 Å². The molecule has 0 amide bonds. The van der Waals surface area contributed by atoms with Crippen LogP contribution in [0.15, 0.2) is 41.2 Å². The summed E-state index contributed by atoms with van der Waals surface area (Å²) in [5, 5.41) is 1.42. The number of fused-ring (bicyclic) bond motifs is 1. The second kappa shape index (κ2) is 3.99. The van der Waals surface area contributed by atoms with Gasteiger partial charge in [-0.2, -0.15) is 0 Å². The van der Waals surface area contributed by atoms with E-state index in [1.54, 1.807) is 41.4 Å². The molecule has 2 heterocycles. The first-order valence-corrected chi connectivity index (χ1v) is 5.73. The van der Waals surface area contributed by atoms with Gasteiger partial charge in [0.25, 0.3) is 0 Å². The molecule has 0 N–H and O–H groups in total. The van der Waals surface area contributed by atoms with Gasteiger partial charge in [0, 0.05) is 23.7 Å². The molecule has 0 radical (unpaired) electrons. The third kappa shape index (κ3) is 1.80. The van der Waals surface area contributed by atoms with Crippen LogP contribution < -0.4 is 0 Å². The van der Waals surface area contributed by atoms with Crippen molar-refractivity contribution in [1.82, 2.24) is 9.55 Å². The van der Waals surface area contributed by atoms with Gasteiger partial charge in [0.05, 0.1) is 6.33 Å². The second-order valence-electron chi connectivity index (χ2n) is 4.05. The van der Waals surface area contributed by atoms with Gasteiger partial charge in [-0.3, -0.25) is 4.79 Å². The van der Waals surface area contributed by atoms with E-state index < -0.39 is 0 Å². The van der Waals surface area contributed by atoms with Crippen molar-refractivity contribution in [3.05, 3.63) is 53.3 Å². The molecule has 3 rings (SSSR count). The van der Waals surface area contributed by atoms with Crippen LogP contribution in [0.1, 0.15) is 16.2 Å². The molecule has 0 saturated heterocycles. The Bertz CT molecular complexity index is 742. The topological polar surface area (TPSA) is 48.0 Å². The van der Waals surface area contributed by atoms with Gasteiger partial charge in [0.1, 0.15) is 11.3 Å². The van der Waals surface area contributed by atoms with Crippen LogP contribution in [0, 0.1) is 0 Å². The molecule has 5 heteroatoms. The van der Waals surface area contributed by atoms with Crippen molar-refractivity contribution in [2.75, 3.05) is 0 Å². The molecule has 3 aromatic rings. The fraction of sp³-hybridized carbons (Fsp3) is 0.0769. The smallest absolute Gasteiger partial charge is 0.248 e. The minimum absolute atomic E-state index is 0.233. The highest BCUT2D eigenvalue weighted by Gasteiger charge is 2.16. The van der Waals surface area contributed by atoms with Gasteiger partial charge in [-0.1, -0.05) is 11.6 Å². The number of benzene rings is 1. The molecule has 0 atom stereocenters. The van der Waals surface area contributed by atoms with E-state index in [1.165, 1.54) is 0 Å². The van der Waals surface area contributed by atoms with Crippen LogP contribution in [-0.4, -0.2) is 15.3 Å². The van der Waals surface area contributed by atoms with Crippen molar-refractivity contribution in [3.63, 3.8) is 0 Å². The number of ketones is 1. The van der Waals surface area contributed by atoms with Crippen LogP contribution in [-0.2, 0) is 7.05 Å². The van der Waals surface area contributed by atoms with Crippen molar-refractivity contribution in [2.24, 2.45) is 7.05 Å². The molecule has 0 saturated carbocycles. The van der Waals surface area contributed by atoms with Crippen molar-refractivity contribution in [1.29, 1.82) is 0 Å². The Morgan fingerprint density at radius 2 is 2.22 bits per heavy atom. The normalized spacial score (nSPS) is 11.0. The molecule has 18 heavy (non-hydrogen) atoms. The van der Waals surface area contributed by atoms with Crippen LogP contribution in [0.2, 0.25) is 5.02 Å². The number of furan rings is 1. The second-order valence-corrected chi connectivity index (χ2v) is 4.48. The molecule has 0 bridgehead atoms. The van der Waals surface area contributed by atoms with E-state index in [4.69, 9.17) is 16.0 Å². The summed E-state index contributed by atoms with van der Waals surface area (Å²) in [5.41, 5.74) is 1.00. The first-order valence-electron chi connectivity index (χ1n) is 5.35. The Balaban J connectivity index is 2.06. The predicted molar refractivity (Wildman–Crippen MR) is 67.9 cm³/mol. The zero-order chi connectivity index (χ0) is 12.7. The summed E-state index contributed by atoms with van der Waals surface area (Å²) in [6.45, 7) is 0. The van der Waals surface area contributed by atoms with E-state index in [0.29, 0.717) is 16.3 Å². The fourth-order valence-corrected chi connectivity index (χ4v) is 1.96. The number of hydrogen-bond acceptors (Lipinski definition) is 3. The van der Waals surface area contributed by atoms with E-state index in [0.717, 1.165) is 5.39 Å². The molecule has 4 nitrogen and oxygen atoms in total. The summed E-state index contributed by atoms with van der Waals surface area (Å²) in [6.07, 6.45) is 3.23. The Kier molecular flexibility index (Phi) is 2.45. The van der Waals surface area contributed by atoms with Gasteiger partial charge < -0.3 is 8.98 Å². The Morgan fingerprint density at radius 3 is 2.94 bits per heavy atom. The molecule has 0 fully saturated rings. The minimum atomic E-state index is -0.233. The predicted octanol–water partition coefficient (Wildman–Crippen LogP) is 3.05. The number of carbonyl (C=O) groups is 1. The van der Waals surface area contributed by atoms with Crippen LogP contribution in [0.25, 0.3) is 11.0 Å². The number of aryl methyl sites for hydroxylation is 1. The number of nitrogens with zero attached hydrogens (tertiary/aromatic N) is 2. The lowest BCUT2D eigenvalue weighted by Crippen LogP contribution is -1.99. The number of halogens is 1. The molecular formula is C13H9ClN2O2. The van der Waals surface area contributed by atoms with E-state index >= 15 is 0 Å². The lowest BCUT2D eigenvalue weighted by molar-refractivity contribution is 0.101. The van der Waals surface area contributed by atoms with Gasteiger partial charge in [0.15, 0.2) is 5.76 Å². The largest absolute Gasteiger partial charge is 0.453 e. The first-order chi connectivity index (χ1) is 8.63. The maximum absolute atomic E-state index is 12.1. The molecule has 0 aliphatic rings. The summed E-state index contributed by atoms with van der Waals surface area (Å²) < 4.78 is 7.21. The standard InChI is InChI=1S/C13H9ClN2O2/c1-16-6-10(15-7-16)13(17)12-5-8-4-9(14)2-3-11(8)18-12/h2-7H,1H3. The molecule has 2 aromatic heterocycles. The number of aromatic nitrogens is 2. The molecular weight excluding hydrogens is 252 g/mol. The summed E-state index contributed by atoms with van der Waals surface area (Å²) in [7, 11) is 1.81.